The maximum Gasteiger partial charge on any atom is 0.230 e. The third kappa shape index (κ3) is 4.95. The van der Waals surface area contributed by atoms with Gasteiger partial charge < -0.3 is 9.88 Å². The minimum absolute atomic E-state index is 0.000812. The van der Waals surface area contributed by atoms with Crippen LogP contribution in [0.15, 0.2) is 64.2 Å². The summed E-state index contributed by atoms with van der Waals surface area (Å²) < 4.78 is 2.93. The van der Waals surface area contributed by atoms with Crippen molar-refractivity contribution in [2.45, 2.75) is 11.6 Å². The van der Waals surface area contributed by atoms with Crippen molar-refractivity contribution < 1.29 is 4.79 Å². The van der Waals surface area contributed by atoms with Crippen LogP contribution in [0.5, 0.6) is 0 Å². The number of thioether (sulfide) groups is 1. The third-order valence-electron chi connectivity index (χ3n) is 3.85. The number of carbonyl (C=O) groups is 1. The highest BCUT2D eigenvalue weighted by Crippen LogP contribution is 2.23. The molecule has 0 aliphatic rings. The number of halogens is 1. The fourth-order valence-electron chi connectivity index (χ4n) is 2.46. The maximum absolute atomic E-state index is 12.0. The van der Waals surface area contributed by atoms with Crippen LogP contribution in [0.25, 0.3) is 11.4 Å². The summed E-state index contributed by atoms with van der Waals surface area (Å²) in [6.45, 7) is 0.631. The molecule has 3 rings (SSSR count). The predicted octanol–water partition coefficient (Wildman–Crippen LogP) is 3.70. The van der Waals surface area contributed by atoms with Gasteiger partial charge in [-0.3, -0.25) is 4.79 Å². The molecule has 7 heteroatoms. The molecule has 0 radical (unpaired) electrons. The molecule has 0 spiro atoms. The minimum atomic E-state index is -0.000812. The summed E-state index contributed by atoms with van der Waals surface area (Å²) >= 11 is 4.81. The molecule has 0 bridgehead atoms. The van der Waals surface area contributed by atoms with Crippen molar-refractivity contribution in [1.29, 1.82) is 0 Å². The first-order valence-corrected chi connectivity index (χ1v) is 10.00. The Morgan fingerprint density at radius 1 is 1.12 bits per heavy atom. The van der Waals surface area contributed by atoms with Crippen molar-refractivity contribution in [3.63, 3.8) is 0 Å². The Hall–Kier alpha value is -2.12. The highest BCUT2D eigenvalue weighted by Gasteiger charge is 2.12. The zero-order chi connectivity index (χ0) is 18.4. The Labute approximate surface area is 165 Å². The van der Waals surface area contributed by atoms with Crippen LogP contribution < -0.4 is 5.32 Å². The van der Waals surface area contributed by atoms with Gasteiger partial charge in [-0.1, -0.05) is 70.2 Å². The molecule has 1 amide bonds. The summed E-state index contributed by atoms with van der Waals surface area (Å²) in [6, 6.07) is 18.0. The molecule has 3 aromatic rings. The predicted molar refractivity (Wildman–Crippen MR) is 108 cm³/mol. The SMILES string of the molecule is Cn1c(SCC(=O)NCCc2ccccc2)nnc1-c1ccc(Br)cc1. The highest BCUT2D eigenvalue weighted by molar-refractivity contribution is 9.10. The fourth-order valence-corrected chi connectivity index (χ4v) is 3.47. The van der Waals surface area contributed by atoms with Crippen LogP contribution in [0.4, 0.5) is 0 Å². The number of nitrogens with zero attached hydrogens (tertiary/aromatic N) is 3. The van der Waals surface area contributed by atoms with Crippen LogP contribution in [-0.4, -0.2) is 33.0 Å². The van der Waals surface area contributed by atoms with Gasteiger partial charge in [0.05, 0.1) is 5.75 Å². The molecule has 0 aliphatic carbocycles. The summed E-state index contributed by atoms with van der Waals surface area (Å²) in [6.07, 6.45) is 0.828. The van der Waals surface area contributed by atoms with E-state index in [-0.39, 0.29) is 5.91 Å². The van der Waals surface area contributed by atoms with Crippen LogP contribution in [-0.2, 0) is 18.3 Å². The fraction of sp³-hybridized carbons (Fsp3) is 0.211. The van der Waals surface area contributed by atoms with E-state index in [4.69, 9.17) is 0 Å². The first-order valence-electron chi connectivity index (χ1n) is 8.22. The molecule has 1 aromatic heterocycles. The number of nitrogens with one attached hydrogen (secondary N) is 1. The lowest BCUT2D eigenvalue weighted by molar-refractivity contribution is -0.118. The second kappa shape index (κ2) is 9.00. The number of hydrogen-bond acceptors (Lipinski definition) is 4. The van der Waals surface area contributed by atoms with Gasteiger partial charge in [-0.25, -0.2) is 0 Å². The lowest BCUT2D eigenvalue weighted by Gasteiger charge is -2.06. The zero-order valence-corrected chi connectivity index (χ0v) is 16.8. The zero-order valence-electron chi connectivity index (χ0n) is 14.4. The standard InChI is InChI=1S/C19H19BrN4OS/c1-24-18(15-7-9-16(20)10-8-15)22-23-19(24)26-13-17(25)21-12-11-14-5-3-2-4-6-14/h2-10H,11-13H2,1H3,(H,21,25). The molecule has 2 aromatic carbocycles. The van der Waals surface area contributed by atoms with Gasteiger partial charge in [-0.2, -0.15) is 0 Å². The van der Waals surface area contributed by atoms with Gasteiger partial charge in [-0.15, -0.1) is 10.2 Å². The molecular weight excluding hydrogens is 412 g/mol. The Morgan fingerprint density at radius 2 is 1.85 bits per heavy atom. The van der Waals surface area contributed by atoms with Gasteiger partial charge in [0.15, 0.2) is 11.0 Å². The molecule has 134 valence electrons. The van der Waals surface area contributed by atoms with E-state index in [0.717, 1.165) is 27.4 Å². The number of rotatable bonds is 7. The van der Waals surface area contributed by atoms with E-state index in [1.54, 1.807) is 0 Å². The molecule has 0 saturated carbocycles. The average Bonchev–Trinajstić information content (AvgIpc) is 3.02. The van der Waals surface area contributed by atoms with E-state index < -0.39 is 0 Å². The Bertz CT molecular complexity index is 865. The van der Waals surface area contributed by atoms with E-state index >= 15 is 0 Å². The topological polar surface area (TPSA) is 59.8 Å². The molecule has 0 aliphatic heterocycles. The van der Waals surface area contributed by atoms with Gasteiger partial charge >= 0.3 is 0 Å². The van der Waals surface area contributed by atoms with Crippen LogP contribution in [0.1, 0.15) is 5.56 Å². The van der Waals surface area contributed by atoms with E-state index in [9.17, 15) is 4.79 Å². The lowest BCUT2D eigenvalue weighted by atomic mass is 10.1. The summed E-state index contributed by atoms with van der Waals surface area (Å²) in [7, 11) is 1.91. The van der Waals surface area contributed by atoms with Crippen LogP contribution in [0.3, 0.4) is 0 Å². The van der Waals surface area contributed by atoms with E-state index in [1.165, 1.54) is 17.3 Å². The summed E-state index contributed by atoms with van der Waals surface area (Å²) in [5, 5.41) is 12.1. The number of amides is 1. The van der Waals surface area contributed by atoms with Gasteiger partial charge in [-0.05, 0) is 24.1 Å². The molecular formula is C19H19BrN4OS. The largest absolute Gasteiger partial charge is 0.355 e. The Kier molecular flexibility index (Phi) is 6.46. The Balaban J connectivity index is 1.50. The average molecular weight is 431 g/mol. The minimum Gasteiger partial charge on any atom is -0.355 e. The molecule has 5 nitrogen and oxygen atoms in total. The van der Waals surface area contributed by atoms with Crippen molar-refractivity contribution in [1.82, 2.24) is 20.1 Å². The van der Waals surface area contributed by atoms with Gasteiger partial charge in [0.1, 0.15) is 0 Å². The van der Waals surface area contributed by atoms with Crippen LogP contribution in [0, 0.1) is 0 Å². The van der Waals surface area contributed by atoms with Crippen LogP contribution >= 0.6 is 27.7 Å². The van der Waals surface area contributed by atoms with Crippen molar-refractivity contribution in [3.8, 4) is 11.4 Å². The summed E-state index contributed by atoms with van der Waals surface area (Å²) in [5.41, 5.74) is 2.20. The van der Waals surface area contributed by atoms with Crippen molar-refractivity contribution in [2.24, 2.45) is 7.05 Å². The molecule has 26 heavy (non-hydrogen) atoms. The van der Waals surface area contributed by atoms with Crippen molar-refractivity contribution in [3.05, 3.63) is 64.6 Å². The third-order valence-corrected chi connectivity index (χ3v) is 5.40. The maximum atomic E-state index is 12.0. The summed E-state index contributed by atoms with van der Waals surface area (Å²) in [4.78, 5) is 12.0. The highest BCUT2D eigenvalue weighted by atomic mass is 79.9. The van der Waals surface area contributed by atoms with Gasteiger partial charge in [0, 0.05) is 23.6 Å². The monoisotopic (exact) mass is 430 g/mol. The van der Waals surface area contributed by atoms with Crippen molar-refractivity contribution in [2.75, 3.05) is 12.3 Å². The number of hydrogen-bond donors (Lipinski definition) is 1. The second-order valence-corrected chi connectivity index (χ2v) is 7.60. The molecule has 0 unspecified atom stereocenters. The smallest absolute Gasteiger partial charge is 0.230 e. The second-order valence-electron chi connectivity index (χ2n) is 5.75. The molecule has 1 N–H and O–H groups in total. The van der Waals surface area contributed by atoms with E-state index in [1.807, 2.05) is 54.1 Å². The molecule has 0 saturated heterocycles. The first-order chi connectivity index (χ1) is 12.6. The normalized spacial score (nSPS) is 10.7. The molecule has 0 fully saturated rings. The summed E-state index contributed by atoms with van der Waals surface area (Å²) in [5.74, 6) is 1.10. The first kappa shape index (κ1) is 18.7. The quantitative estimate of drug-likeness (QED) is 0.580. The molecule has 0 atom stereocenters. The van der Waals surface area contributed by atoms with E-state index in [0.29, 0.717) is 12.3 Å². The number of carbonyl (C=O) groups excluding carboxylic acids is 1. The number of aromatic nitrogens is 3. The number of benzene rings is 2. The Morgan fingerprint density at radius 3 is 2.58 bits per heavy atom. The van der Waals surface area contributed by atoms with Crippen LogP contribution in [0.2, 0.25) is 0 Å². The lowest BCUT2D eigenvalue weighted by Crippen LogP contribution is -2.27. The van der Waals surface area contributed by atoms with Gasteiger partial charge in [0.2, 0.25) is 5.91 Å². The van der Waals surface area contributed by atoms with Crippen molar-refractivity contribution >= 4 is 33.6 Å². The van der Waals surface area contributed by atoms with Gasteiger partial charge in [0.25, 0.3) is 0 Å². The van der Waals surface area contributed by atoms with E-state index in [2.05, 4.69) is 43.6 Å². The molecule has 1 heterocycles.